The van der Waals surface area contributed by atoms with Gasteiger partial charge >= 0.3 is 0 Å². The number of hydrogen-bond donors (Lipinski definition) is 1. The average molecular weight is 229 g/mol. The van der Waals surface area contributed by atoms with Crippen molar-refractivity contribution in [1.82, 2.24) is 4.98 Å². The molecule has 0 radical (unpaired) electrons. The molecule has 1 aliphatic rings. The molecule has 0 spiro atoms. The van der Waals surface area contributed by atoms with E-state index in [0.717, 1.165) is 24.4 Å². The molecule has 0 amide bonds. The summed E-state index contributed by atoms with van der Waals surface area (Å²) in [4.78, 5) is 6.34. The van der Waals surface area contributed by atoms with Gasteiger partial charge in [0.25, 0.3) is 6.01 Å². The molecule has 1 aromatic carbocycles. The van der Waals surface area contributed by atoms with Crippen LogP contribution in [0.3, 0.4) is 0 Å². The SMILES string of the molecule is Nc1ncc(-c2ccccc2N2CCCC2)o1. The maximum absolute atomic E-state index is 5.53. The smallest absolute Gasteiger partial charge is 0.292 e. The number of benzene rings is 1. The summed E-state index contributed by atoms with van der Waals surface area (Å²) in [6.45, 7) is 2.22. The van der Waals surface area contributed by atoms with Gasteiger partial charge in [0.1, 0.15) is 0 Å². The Balaban J connectivity index is 2.03. The molecule has 2 heterocycles. The second-order valence-electron chi connectivity index (χ2n) is 4.27. The number of nitrogen functional groups attached to an aromatic ring is 1. The first-order valence-corrected chi connectivity index (χ1v) is 5.90. The van der Waals surface area contributed by atoms with E-state index in [2.05, 4.69) is 22.0 Å². The minimum atomic E-state index is 0.219. The lowest BCUT2D eigenvalue weighted by atomic mass is 10.1. The highest BCUT2D eigenvalue weighted by atomic mass is 16.4. The molecule has 0 unspecified atom stereocenters. The van der Waals surface area contributed by atoms with E-state index < -0.39 is 0 Å². The Labute approximate surface area is 100 Å². The molecule has 4 heteroatoms. The maximum atomic E-state index is 5.53. The van der Waals surface area contributed by atoms with E-state index in [0.29, 0.717) is 0 Å². The highest BCUT2D eigenvalue weighted by Gasteiger charge is 2.17. The van der Waals surface area contributed by atoms with Crippen LogP contribution in [0.25, 0.3) is 11.3 Å². The van der Waals surface area contributed by atoms with Gasteiger partial charge in [-0.1, -0.05) is 12.1 Å². The van der Waals surface area contributed by atoms with Crippen LogP contribution in [-0.4, -0.2) is 18.1 Å². The summed E-state index contributed by atoms with van der Waals surface area (Å²) in [5.74, 6) is 0.741. The minimum absolute atomic E-state index is 0.219. The summed E-state index contributed by atoms with van der Waals surface area (Å²) in [5.41, 5.74) is 7.81. The van der Waals surface area contributed by atoms with Gasteiger partial charge in [0.15, 0.2) is 5.76 Å². The summed E-state index contributed by atoms with van der Waals surface area (Å²) in [7, 11) is 0. The van der Waals surface area contributed by atoms with Crippen molar-refractivity contribution >= 4 is 11.7 Å². The zero-order valence-corrected chi connectivity index (χ0v) is 9.60. The number of anilines is 2. The van der Waals surface area contributed by atoms with Gasteiger partial charge in [-0.05, 0) is 25.0 Å². The number of aromatic nitrogens is 1. The lowest BCUT2D eigenvalue weighted by molar-refractivity contribution is 0.594. The molecule has 2 N–H and O–H groups in total. The fourth-order valence-electron chi connectivity index (χ4n) is 2.33. The van der Waals surface area contributed by atoms with Crippen LogP contribution in [0.5, 0.6) is 0 Å². The predicted octanol–water partition coefficient (Wildman–Crippen LogP) is 2.52. The number of oxazole rings is 1. The molecule has 1 saturated heterocycles. The first kappa shape index (κ1) is 10.2. The molecule has 0 aliphatic carbocycles. The second-order valence-corrected chi connectivity index (χ2v) is 4.27. The molecule has 0 saturated carbocycles. The number of para-hydroxylation sites is 1. The van der Waals surface area contributed by atoms with Crippen LogP contribution >= 0.6 is 0 Å². The Bertz CT molecular complexity index is 515. The zero-order chi connectivity index (χ0) is 11.7. The van der Waals surface area contributed by atoms with Crippen molar-refractivity contribution in [2.75, 3.05) is 23.7 Å². The highest BCUT2D eigenvalue weighted by molar-refractivity contribution is 5.75. The maximum Gasteiger partial charge on any atom is 0.292 e. The third-order valence-corrected chi connectivity index (χ3v) is 3.14. The molecule has 0 bridgehead atoms. The Morgan fingerprint density at radius 3 is 2.65 bits per heavy atom. The third-order valence-electron chi connectivity index (χ3n) is 3.14. The van der Waals surface area contributed by atoms with Crippen molar-refractivity contribution in [2.24, 2.45) is 0 Å². The average Bonchev–Trinajstić information content (AvgIpc) is 3.00. The van der Waals surface area contributed by atoms with E-state index in [-0.39, 0.29) is 6.01 Å². The number of rotatable bonds is 2. The Hall–Kier alpha value is -1.97. The molecular formula is C13H15N3O. The number of nitrogens with two attached hydrogens (primary N) is 1. The van der Waals surface area contributed by atoms with Crippen LogP contribution in [-0.2, 0) is 0 Å². The fraction of sp³-hybridized carbons (Fsp3) is 0.308. The van der Waals surface area contributed by atoms with Crippen LogP contribution < -0.4 is 10.6 Å². The van der Waals surface area contributed by atoms with E-state index in [1.54, 1.807) is 6.20 Å². The largest absolute Gasteiger partial charge is 0.424 e. The van der Waals surface area contributed by atoms with Crippen LogP contribution in [0.1, 0.15) is 12.8 Å². The van der Waals surface area contributed by atoms with Gasteiger partial charge in [0.05, 0.1) is 6.20 Å². The predicted molar refractivity (Wildman–Crippen MR) is 67.8 cm³/mol. The van der Waals surface area contributed by atoms with Crippen molar-refractivity contribution in [1.29, 1.82) is 0 Å². The molecule has 2 aromatic rings. The molecule has 3 rings (SSSR count). The summed E-state index contributed by atoms with van der Waals surface area (Å²) in [5, 5.41) is 0. The van der Waals surface area contributed by atoms with Gasteiger partial charge in [-0.2, -0.15) is 0 Å². The van der Waals surface area contributed by atoms with E-state index in [9.17, 15) is 0 Å². The van der Waals surface area contributed by atoms with E-state index >= 15 is 0 Å². The lowest BCUT2D eigenvalue weighted by Crippen LogP contribution is -2.18. The van der Waals surface area contributed by atoms with E-state index in [1.165, 1.54) is 18.5 Å². The highest BCUT2D eigenvalue weighted by Crippen LogP contribution is 2.33. The van der Waals surface area contributed by atoms with Gasteiger partial charge in [0.2, 0.25) is 0 Å². The molecule has 17 heavy (non-hydrogen) atoms. The molecule has 1 aliphatic heterocycles. The van der Waals surface area contributed by atoms with Crippen molar-refractivity contribution < 1.29 is 4.42 Å². The van der Waals surface area contributed by atoms with Crippen LogP contribution in [0.2, 0.25) is 0 Å². The summed E-state index contributed by atoms with van der Waals surface area (Å²) in [6, 6.07) is 8.45. The summed E-state index contributed by atoms with van der Waals surface area (Å²) >= 11 is 0. The van der Waals surface area contributed by atoms with Gasteiger partial charge in [-0.25, -0.2) is 4.98 Å². The zero-order valence-electron chi connectivity index (χ0n) is 9.60. The van der Waals surface area contributed by atoms with Gasteiger partial charge in [-0.3, -0.25) is 0 Å². The third kappa shape index (κ3) is 1.86. The van der Waals surface area contributed by atoms with E-state index in [4.69, 9.17) is 10.2 Å². The first-order chi connectivity index (χ1) is 8.34. The lowest BCUT2D eigenvalue weighted by Gasteiger charge is -2.20. The van der Waals surface area contributed by atoms with Crippen molar-refractivity contribution in [3.8, 4) is 11.3 Å². The Kier molecular flexibility index (Phi) is 2.48. The summed E-state index contributed by atoms with van der Waals surface area (Å²) in [6.07, 6.45) is 4.20. The molecular weight excluding hydrogens is 214 g/mol. The second kappa shape index (κ2) is 4.13. The van der Waals surface area contributed by atoms with Crippen molar-refractivity contribution in [3.63, 3.8) is 0 Å². The van der Waals surface area contributed by atoms with Gasteiger partial charge < -0.3 is 15.1 Å². The van der Waals surface area contributed by atoms with Crippen LogP contribution in [0, 0.1) is 0 Å². The number of hydrogen-bond acceptors (Lipinski definition) is 4. The minimum Gasteiger partial charge on any atom is -0.424 e. The molecule has 0 atom stereocenters. The normalized spacial score (nSPS) is 15.4. The number of nitrogens with zero attached hydrogens (tertiary/aromatic N) is 2. The van der Waals surface area contributed by atoms with E-state index in [1.807, 2.05) is 12.1 Å². The molecule has 4 nitrogen and oxygen atoms in total. The van der Waals surface area contributed by atoms with Crippen molar-refractivity contribution in [3.05, 3.63) is 30.5 Å². The van der Waals surface area contributed by atoms with Crippen molar-refractivity contribution in [2.45, 2.75) is 12.8 Å². The van der Waals surface area contributed by atoms with Crippen LogP contribution in [0.15, 0.2) is 34.9 Å². The molecule has 88 valence electrons. The standard InChI is InChI=1S/C13H15N3O/c14-13-15-9-12(17-13)10-5-1-2-6-11(10)16-7-3-4-8-16/h1-2,5-6,9H,3-4,7-8H2,(H2,14,15). The quantitative estimate of drug-likeness (QED) is 0.859. The Morgan fingerprint density at radius 2 is 1.94 bits per heavy atom. The first-order valence-electron chi connectivity index (χ1n) is 5.90. The van der Waals surface area contributed by atoms with Gasteiger partial charge in [-0.15, -0.1) is 0 Å². The molecule has 1 aromatic heterocycles. The summed E-state index contributed by atoms with van der Waals surface area (Å²) < 4.78 is 5.41. The van der Waals surface area contributed by atoms with Crippen LogP contribution in [0.4, 0.5) is 11.7 Å². The van der Waals surface area contributed by atoms with Gasteiger partial charge in [0, 0.05) is 24.3 Å². The monoisotopic (exact) mass is 229 g/mol. The Morgan fingerprint density at radius 1 is 1.18 bits per heavy atom. The topological polar surface area (TPSA) is 55.3 Å². The molecule has 1 fully saturated rings. The fourth-order valence-corrected chi connectivity index (χ4v) is 2.33.